The van der Waals surface area contributed by atoms with Crippen LogP contribution >= 0.6 is 0 Å². The maximum Gasteiger partial charge on any atom is 0.166 e. The Kier molecular flexibility index (Phi) is 3.65. The van der Waals surface area contributed by atoms with E-state index in [1.165, 1.54) is 5.56 Å². The Morgan fingerprint density at radius 1 is 0.692 bits per heavy atom. The Hall–Kier alpha value is -2.84. The molecular weight excluding hydrogens is 320 g/mol. The molecule has 0 unspecified atom stereocenters. The number of hydrogen-bond acceptors (Lipinski definition) is 2. The Bertz CT molecular complexity index is 932. The van der Waals surface area contributed by atoms with E-state index in [2.05, 4.69) is 72.8 Å². The van der Waals surface area contributed by atoms with Gasteiger partial charge >= 0.3 is 0 Å². The quantitative estimate of drug-likeness (QED) is 0.647. The molecule has 2 heterocycles. The van der Waals surface area contributed by atoms with Crippen molar-refractivity contribution in [2.24, 2.45) is 0 Å². The van der Waals surface area contributed by atoms with Crippen molar-refractivity contribution >= 4 is 11.3 Å². The van der Waals surface area contributed by atoms with Gasteiger partial charge < -0.3 is 9.47 Å². The Balaban J connectivity index is 1.71. The van der Waals surface area contributed by atoms with Crippen molar-refractivity contribution in [3.63, 3.8) is 0 Å². The second-order valence-corrected chi connectivity index (χ2v) is 6.83. The zero-order valence-corrected chi connectivity index (χ0v) is 14.5. The predicted octanol–water partition coefficient (Wildman–Crippen LogP) is 5.27. The van der Waals surface area contributed by atoms with E-state index in [1.807, 2.05) is 18.2 Å². The summed E-state index contributed by atoms with van der Waals surface area (Å²) in [6, 6.07) is 31.3. The summed E-state index contributed by atoms with van der Waals surface area (Å²) >= 11 is 0. The van der Waals surface area contributed by atoms with Crippen LogP contribution in [0.15, 0.2) is 91.0 Å². The molecule has 0 aromatic heterocycles. The summed E-state index contributed by atoms with van der Waals surface area (Å²) in [4.78, 5) is 0. The largest absolute Gasteiger partial charge is 0.478 e. The molecule has 2 aliphatic rings. The highest BCUT2D eigenvalue weighted by Gasteiger charge is 2.55. The highest BCUT2D eigenvalue weighted by molar-refractivity contribution is 5.93. The van der Waals surface area contributed by atoms with Gasteiger partial charge in [0.15, 0.2) is 5.60 Å². The van der Waals surface area contributed by atoms with Crippen molar-refractivity contribution in [3.05, 3.63) is 108 Å². The lowest BCUT2D eigenvalue weighted by Crippen LogP contribution is -2.33. The SMILES string of the molecule is c1ccc(C2=C(c3ccccc3)[C@@H]3OCC[C@]3(c3ccccc3)O2)cc1. The molecule has 0 bridgehead atoms. The molecule has 0 radical (unpaired) electrons. The van der Waals surface area contributed by atoms with E-state index in [-0.39, 0.29) is 6.10 Å². The number of fused-ring (bicyclic) bond motifs is 1. The lowest BCUT2D eigenvalue weighted by molar-refractivity contribution is 0.00954. The second kappa shape index (κ2) is 6.15. The molecule has 2 aliphatic heterocycles. The van der Waals surface area contributed by atoms with Crippen molar-refractivity contribution in [2.75, 3.05) is 6.61 Å². The van der Waals surface area contributed by atoms with Crippen LogP contribution in [-0.4, -0.2) is 12.7 Å². The molecule has 0 saturated carbocycles. The fraction of sp³-hybridized carbons (Fsp3) is 0.167. The molecule has 3 aromatic rings. The minimum absolute atomic E-state index is 0.0949. The van der Waals surface area contributed by atoms with Crippen LogP contribution in [0.1, 0.15) is 23.1 Å². The fourth-order valence-corrected chi connectivity index (χ4v) is 4.15. The van der Waals surface area contributed by atoms with Crippen molar-refractivity contribution in [1.82, 2.24) is 0 Å². The van der Waals surface area contributed by atoms with E-state index in [0.29, 0.717) is 6.61 Å². The molecule has 0 spiro atoms. The molecule has 0 amide bonds. The highest BCUT2D eigenvalue weighted by Crippen LogP contribution is 2.55. The molecule has 1 fully saturated rings. The van der Waals surface area contributed by atoms with E-state index in [1.54, 1.807) is 0 Å². The number of benzene rings is 3. The van der Waals surface area contributed by atoms with Gasteiger partial charge in [-0.1, -0.05) is 91.0 Å². The van der Waals surface area contributed by atoms with Gasteiger partial charge in [0.1, 0.15) is 11.9 Å². The second-order valence-electron chi connectivity index (χ2n) is 6.83. The summed E-state index contributed by atoms with van der Waals surface area (Å²) < 4.78 is 13.0. The monoisotopic (exact) mass is 340 g/mol. The fourth-order valence-electron chi connectivity index (χ4n) is 4.15. The molecule has 128 valence electrons. The summed E-state index contributed by atoms with van der Waals surface area (Å²) in [6.45, 7) is 0.706. The molecule has 1 saturated heterocycles. The molecular formula is C24H20O2. The average Bonchev–Trinajstić information content (AvgIpc) is 3.27. The zero-order chi connectivity index (χ0) is 17.4. The average molecular weight is 340 g/mol. The highest BCUT2D eigenvalue weighted by atomic mass is 16.6. The summed E-state index contributed by atoms with van der Waals surface area (Å²) in [5.41, 5.74) is 4.15. The first-order chi connectivity index (χ1) is 12.9. The molecule has 5 rings (SSSR count). The first kappa shape index (κ1) is 15.4. The normalized spacial score (nSPS) is 24.4. The van der Waals surface area contributed by atoms with Gasteiger partial charge in [0.05, 0.1) is 6.61 Å². The van der Waals surface area contributed by atoms with Crippen LogP contribution in [0.4, 0.5) is 0 Å². The lowest BCUT2D eigenvalue weighted by Gasteiger charge is -2.29. The third kappa shape index (κ3) is 2.30. The summed E-state index contributed by atoms with van der Waals surface area (Å²) in [7, 11) is 0. The van der Waals surface area contributed by atoms with Gasteiger partial charge in [0, 0.05) is 17.6 Å². The number of hydrogen-bond donors (Lipinski definition) is 0. The standard InChI is InChI=1S/C24H20O2/c1-4-10-18(11-5-1)21-22(19-12-6-2-7-13-19)26-24(16-17-25-23(21)24)20-14-8-3-9-15-20/h1-15,23H,16-17H2/t23-,24+/m0/s1. The van der Waals surface area contributed by atoms with E-state index in [4.69, 9.17) is 9.47 Å². The van der Waals surface area contributed by atoms with Crippen LogP contribution in [0.2, 0.25) is 0 Å². The van der Waals surface area contributed by atoms with Gasteiger partial charge in [-0.3, -0.25) is 0 Å². The first-order valence-corrected chi connectivity index (χ1v) is 9.10. The van der Waals surface area contributed by atoms with E-state index >= 15 is 0 Å². The summed E-state index contributed by atoms with van der Waals surface area (Å²) in [6.07, 6.45) is 0.761. The Labute approximate surface area is 153 Å². The molecule has 0 N–H and O–H groups in total. The summed E-state index contributed by atoms with van der Waals surface area (Å²) in [5.74, 6) is 0.936. The lowest BCUT2D eigenvalue weighted by atomic mass is 9.83. The number of ether oxygens (including phenoxy) is 2. The third-order valence-electron chi connectivity index (χ3n) is 5.36. The van der Waals surface area contributed by atoms with Crippen molar-refractivity contribution in [1.29, 1.82) is 0 Å². The predicted molar refractivity (Wildman–Crippen MR) is 103 cm³/mol. The maximum atomic E-state index is 6.77. The molecule has 2 atom stereocenters. The van der Waals surface area contributed by atoms with Crippen LogP contribution in [-0.2, 0) is 15.1 Å². The smallest absolute Gasteiger partial charge is 0.166 e. The zero-order valence-electron chi connectivity index (χ0n) is 14.5. The van der Waals surface area contributed by atoms with Crippen molar-refractivity contribution in [3.8, 4) is 0 Å². The van der Waals surface area contributed by atoms with Gasteiger partial charge in [-0.15, -0.1) is 0 Å². The van der Waals surface area contributed by atoms with E-state index < -0.39 is 5.60 Å². The molecule has 26 heavy (non-hydrogen) atoms. The van der Waals surface area contributed by atoms with Gasteiger partial charge in [0.2, 0.25) is 0 Å². The van der Waals surface area contributed by atoms with Crippen molar-refractivity contribution < 1.29 is 9.47 Å². The Morgan fingerprint density at radius 2 is 1.27 bits per heavy atom. The van der Waals surface area contributed by atoms with Gasteiger partial charge in [0.25, 0.3) is 0 Å². The van der Waals surface area contributed by atoms with E-state index in [9.17, 15) is 0 Å². The van der Waals surface area contributed by atoms with Crippen LogP contribution in [0.5, 0.6) is 0 Å². The Morgan fingerprint density at radius 3 is 1.92 bits per heavy atom. The van der Waals surface area contributed by atoms with Crippen LogP contribution in [0, 0.1) is 0 Å². The molecule has 2 heteroatoms. The maximum absolute atomic E-state index is 6.77. The summed E-state index contributed by atoms with van der Waals surface area (Å²) in [5, 5.41) is 0. The topological polar surface area (TPSA) is 18.5 Å². The number of rotatable bonds is 3. The van der Waals surface area contributed by atoms with Crippen molar-refractivity contribution in [2.45, 2.75) is 18.1 Å². The van der Waals surface area contributed by atoms with Gasteiger partial charge in [-0.2, -0.15) is 0 Å². The van der Waals surface area contributed by atoms with Gasteiger partial charge in [-0.25, -0.2) is 0 Å². The molecule has 0 aliphatic carbocycles. The first-order valence-electron chi connectivity index (χ1n) is 9.10. The molecule has 3 aromatic carbocycles. The minimum Gasteiger partial charge on any atom is -0.478 e. The third-order valence-corrected chi connectivity index (χ3v) is 5.36. The van der Waals surface area contributed by atoms with Crippen LogP contribution in [0.3, 0.4) is 0 Å². The van der Waals surface area contributed by atoms with Gasteiger partial charge in [-0.05, 0) is 11.1 Å². The molecule has 2 nitrogen and oxygen atoms in total. The minimum atomic E-state index is -0.447. The van der Waals surface area contributed by atoms with Crippen LogP contribution < -0.4 is 0 Å². The van der Waals surface area contributed by atoms with Crippen LogP contribution in [0.25, 0.3) is 11.3 Å². The van der Waals surface area contributed by atoms with E-state index in [0.717, 1.165) is 28.9 Å².